The SMILES string of the molecule is CCCOc1ccccc1C(CCN(C)C)NN. The molecule has 3 N–H and O–H groups in total. The highest BCUT2D eigenvalue weighted by molar-refractivity contribution is 5.35. The number of hydrazine groups is 1. The van der Waals surface area contributed by atoms with E-state index in [0.717, 1.165) is 37.3 Å². The lowest BCUT2D eigenvalue weighted by atomic mass is 10.0. The van der Waals surface area contributed by atoms with Gasteiger partial charge in [-0.25, -0.2) is 0 Å². The van der Waals surface area contributed by atoms with E-state index >= 15 is 0 Å². The van der Waals surface area contributed by atoms with Gasteiger partial charge in [0.25, 0.3) is 0 Å². The molecular formula is C14H25N3O. The molecule has 0 aromatic heterocycles. The van der Waals surface area contributed by atoms with E-state index in [2.05, 4.69) is 37.4 Å². The number of nitrogens with one attached hydrogen (secondary N) is 1. The van der Waals surface area contributed by atoms with Gasteiger partial charge in [0.15, 0.2) is 0 Å². The van der Waals surface area contributed by atoms with Gasteiger partial charge in [-0.1, -0.05) is 25.1 Å². The van der Waals surface area contributed by atoms with Gasteiger partial charge in [0.2, 0.25) is 0 Å². The number of ether oxygens (including phenoxy) is 1. The Kier molecular flexibility index (Phi) is 6.72. The molecule has 0 saturated carbocycles. The summed E-state index contributed by atoms with van der Waals surface area (Å²) in [5, 5.41) is 0. The molecule has 0 amide bonds. The van der Waals surface area contributed by atoms with E-state index in [1.807, 2.05) is 18.2 Å². The molecule has 1 aromatic rings. The van der Waals surface area contributed by atoms with Gasteiger partial charge < -0.3 is 9.64 Å². The molecule has 4 heteroatoms. The van der Waals surface area contributed by atoms with Crippen molar-refractivity contribution in [2.75, 3.05) is 27.2 Å². The number of hydrogen-bond donors (Lipinski definition) is 2. The summed E-state index contributed by atoms with van der Waals surface area (Å²) in [7, 11) is 4.13. The quantitative estimate of drug-likeness (QED) is 0.547. The van der Waals surface area contributed by atoms with Gasteiger partial charge in [-0.05, 0) is 39.5 Å². The molecule has 0 heterocycles. The van der Waals surface area contributed by atoms with E-state index in [4.69, 9.17) is 10.6 Å². The second-order valence-electron chi connectivity index (χ2n) is 4.70. The van der Waals surface area contributed by atoms with Crippen molar-refractivity contribution in [2.24, 2.45) is 5.84 Å². The van der Waals surface area contributed by atoms with Crippen LogP contribution in [-0.4, -0.2) is 32.1 Å². The third kappa shape index (κ3) is 4.64. The molecule has 0 aliphatic heterocycles. The molecule has 1 atom stereocenters. The van der Waals surface area contributed by atoms with E-state index in [1.165, 1.54) is 0 Å². The first-order valence-electron chi connectivity index (χ1n) is 6.51. The molecule has 1 unspecified atom stereocenters. The van der Waals surface area contributed by atoms with Crippen LogP contribution in [0.1, 0.15) is 31.4 Å². The Morgan fingerprint density at radius 1 is 1.33 bits per heavy atom. The maximum atomic E-state index is 5.77. The molecule has 18 heavy (non-hydrogen) atoms. The zero-order valence-corrected chi connectivity index (χ0v) is 11.6. The van der Waals surface area contributed by atoms with Crippen molar-refractivity contribution in [3.63, 3.8) is 0 Å². The maximum Gasteiger partial charge on any atom is 0.124 e. The average molecular weight is 251 g/mol. The molecular weight excluding hydrogens is 226 g/mol. The second kappa shape index (κ2) is 8.08. The Hall–Kier alpha value is -1.10. The summed E-state index contributed by atoms with van der Waals surface area (Å²) < 4.78 is 5.77. The highest BCUT2D eigenvalue weighted by Crippen LogP contribution is 2.26. The first-order chi connectivity index (χ1) is 8.69. The number of hydrogen-bond acceptors (Lipinski definition) is 4. The monoisotopic (exact) mass is 251 g/mol. The first-order valence-corrected chi connectivity index (χ1v) is 6.51. The molecule has 102 valence electrons. The lowest BCUT2D eigenvalue weighted by Gasteiger charge is -2.21. The second-order valence-corrected chi connectivity index (χ2v) is 4.70. The summed E-state index contributed by atoms with van der Waals surface area (Å²) in [6.45, 7) is 3.83. The van der Waals surface area contributed by atoms with E-state index in [1.54, 1.807) is 0 Å². The number of nitrogens with zero attached hydrogens (tertiary/aromatic N) is 1. The predicted octanol–water partition coefficient (Wildman–Crippen LogP) is 1.93. The van der Waals surface area contributed by atoms with Crippen molar-refractivity contribution in [1.82, 2.24) is 10.3 Å². The Morgan fingerprint density at radius 3 is 2.67 bits per heavy atom. The smallest absolute Gasteiger partial charge is 0.124 e. The normalized spacial score (nSPS) is 12.7. The standard InChI is InChI=1S/C14H25N3O/c1-4-11-18-14-8-6-5-7-12(14)13(16-15)9-10-17(2)3/h5-8,13,16H,4,9-11,15H2,1-3H3. The minimum Gasteiger partial charge on any atom is -0.493 e. The fraction of sp³-hybridized carbons (Fsp3) is 0.571. The largest absolute Gasteiger partial charge is 0.493 e. The van der Waals surface area contributed by atoms with Crippen LogP contribution in [0.5, 0.6) is 5.75 Å². The minimum absolute atomic E-state index is 0.125. The molecule has 0 fully saturated rings. The number of benzene rings is 1. The number of rotatable bonds is 8. The molecule has 0 saturated heterocycles. The van der Waals surface area contributed by atoms with Crippen LogP contribution in [0.3, 0.4) is 0 Å². The van der Waals surface area contributed by atoms with Gasteiger partial charge in [-0.2, -0.15) is 0 Å². The van der Waals surface area contributed by atoms with Crippen LogP contribution in [0.2, 0.25) is 0 Å². The van der Waals surface area contributed by atoms with Crippen molar-refractivity contribution in [1.29, 1.82) is 0 Å². The zero-order chi connectivity index (χ0) is 13.4. The predicted molar refractivity (Wildman–Crippen MR) is 75.5 cm³/mol. The summed E-state index contributed by atoms with van der Waals surface area (Å²) in [6.07, 6.45) is 1.96. The number of para-hydroxylation sites is 1. The van der Waals surface area contributed by atoms with E-state index in [9.17, 15) is 0 Å². The Balaban J connectivity index is 2.76. The molecule has 0 radical (unpaired) electrons. The van der Waals surface area contributed by atoms with Gasteiger partial charge >= 0.3 is 0 Å². The highest BCUT2D eigenvalue weighted by Gasteiger charge is 2.14. The molecule has 0 bridgehead atoms. The van der Waals surface area contributed by atoms with E-state index in [-0.39, 0.29) is 6.04 Å². The van der Waals surface area contributed by atoms with E-state index < -0.39 is 0 Å². The van der Waals surface area contributed by atoms with Gasteiger partial charge in [0, 0.05) is 5.56 Å². The summed E-state index contributed by atoms with van der Waals surface area (Å²) in [5.74, 6) is 6.60. The Morgan fingerprint density at radius 2 is 2.06 bits per heavy atom. The van der Waals surface area contributed by atoms with Crippen LogP contribution in [-0.2, 0) is 0 Å². The molecule has 0 spiro atoms. The fourth-order valence-electron chi connectivity index (χ4n) is 1.83. The lowest BCUT2D eigenvalue weighted by Crippen LogP contribution is -2.31. The van der Waals surface area contributed by atoms with Crippen molar-refractivity contribution in [3.8, 4) is 5.75 Å². The van der Waals surface area contributed by atoms with Crippen molar-refractivity contribution in [3.05, 3.63) is 29.8 Å². The molecule has 1 rings (SSSR count). The maximum absolute atomic E-state index is 5.77. The van der Waals surface area contributed by atoms with E-state index in [0.29, 0.717) is 0 Å². The summed E-state index contributed by atoms with van der Waals surface area (Å²) >= 11 is 0. The topological polar surface area (TPSA) is 50.5 Å². The molecule has 4 nitrogen and oxygen atoms in total. The summed E-state index contributed by atoms with van der Waals surface area (Å²) in [4.78, 5) is 2.15. The zero-order valence-electron chi connectivity index (χ0n) is 11.6. The summed E-state index contributed by atoms with van der Waals surface area (Å²) in [5.41, 5.74) is 4.02. The average Bonchev–Trinajstić information content (AvgIpc) is 2.38. The molecule has 0 aliphatic rings. The van der Waals surface area contributed by atoms with Crippen LogP contribution >= 0.6 is 0 Å². The molecule has 0 aliphatic carbocycles. The first kappa shape index (κ1) is 15.0. The third-order valence-electron chi connectivity index (χ3n) is 2.82. The lowest BCUT2D eigenvalue weighted by molar-refractivity contribution is 0.304. The number of nitrogens with two attached hydrogens (primary N) is 1. The molecule has 1 aromatic carbocycles. The fourth-order valence-corrected chi connectivity index (χ4v) is 1.83. The van der Waals surface area contributed by atoms with Crippen molar-refractivity contribution >= 4 is 0 Å². The van der Waals surface area contributed by atoms with Gasteiger partial charge in [-0.15, -0.1) is 0 Å². The van der Waals surface area contributed by atoms with Crippen molar-refractivity contribution < 1.29 is 4.74 Å². The van der Waals surface area contributed by atoms with Gasteiger partial charge in [0.1, 0.15) is 5.75 Å². The third-order valence-corrected chi connectivity index (χ3v) is 2.82. The Bertz CT molecular complexity index is 342. The van der Waals surface area contributed by atoms with Crippen molar-refractivity contribution in [2.45, 2.75) is 25.8 Å². The van der Waals surface area contributed by atoms with Crippen LogP contribution in [0, 0.1) is 0 Å². The highest BCUT2D eigenvalue weighted by atomic mass is 16.5. The van der Waals surface area contributed by atoms with Crippen LogP contribution in [0.4, 0.5) is 0 Å². The van der Waals surface area contributed by atoms with Gasteiger partial charge in [0.05, 0.1) is 12.6 Å². The van der Waals surface area contributed by atoms with Crippen LogP contribution < -0.4 is 16.0 Å². The van der Waals surface area contributed by atoms with Crippen LogP contribution in [0.25, 0.3) is 0 Å². The minimum atomic E-state index is 0.125. The van der Waals surface area contributed by atoms with Crippen LogP contribution in [0.15, 0.2) is 24.3 Å². The summed E-state index contributed by atoms with van der Waals surface area (Å²) in [6, 6.07) is 8.22. The van der Waals surface area contributed by atoms with Gasteiger partial charge in [-0.3, -0.25) is 11.3 Å². The Labute approximate surface area is 110 Å².